The monoisotopic (exact) mass is 599 g/mol. The second kappa shape index (κ2) is 13.0. The summed E-state index contributed by atoms with van der Waals surface area (Å²) in [5.74, 6) is -0.450. The van der Waals surface area contributed by atoms with Crippen molar-refractivity contribution in [1.82, 2.24) is 14.6 Å². The third-order valence-corrected chi connectivity index (χ3v) is 8.58. The number of nitrogens with two attached hydrogens (primary N) is 1. The number of unbranched alkanes of at least 4 members (excludes halogenated alkanes) is 1. The number of esters is 1. The van der Waals surface area contributed by atoms with Crippen LogP contribution in [-0.2, 0) is 23.4 Å². The Labute approximate surface area is 242 Å². The smallest absolute Gasteiger partial charge is 0.459 e. The van der Waals surface area contributed by atoms with Gasteiger partial charge in [0.25, 0.3) is 0 Å². The third-order valence-electron chi connectivity index (χ3n) is 6.95. The predicted octanol–water partition coefficient (Wildman–Crippen LogP) is 3.29. The SMILES string of the molecule is CCCCOC(=O)[C@H](C)NP(=O)(OC[C@H]1O[C@@H](n2ccc(N)nc2=O)[C@](C)(C#N)[C@@H]1O)Oc1cccc2ccccc12. The van der Waals surface area contributed by atoms with Crippen LogP contribution in [-0.4, -0.2) is 52.1 Å². The van der Waals surface area contributed by atoms with Crippen molar-refractivity contribution in [2.24, 2.45) is 5.41 Å². The minimum Gasteiger partial charge on any atom is -0.465 e. The number of hydrogen-bond acceptors (Lipinski definition) is 11. The Morgan fingerprint density at radius 2 is 2.05 bits per heavy atom. The van der Waals surface area contributed by atoms with Crippen LogP contribution in [0.15, 0.2) is 59.5 Å². The van der Waals surface area contributed by atoms with Crippen molar-refractivity contribution >= 4 is 30.3 Å². The molecule has 0 saturated carbocycles. The van der Waals surface area contributed by atoms with E-state index in [0.29, 0.717) is 11.8 Å². The molecule has 0 radical (unpaired) electrons. The highest BCUT2D eigenvalue weighted by Gasteiger charge is 2.55. The molecule has 14 heteroatoms. The molecule has 0 aliphatic carbocycles. The molecule has 1 unspecified atom stereocenters. The Morgan fingerprint density at radius 3 is 2.76 bits per heavy atom. The maximum absolute atomic E-state index is 14.2. The van der Waals surface area contributed by atoms with Crippen molar-refractivity contribution in [3.63, 3.8) is 0 Å². The summed E-state index contributed by atoms with van der Waals surface area (Å²) in [5, 5.41) is 25.1. The molecule has 0 spiro atoms. The molecule has 1 fully saturated rings. The average Bonchev–Trinajstić information content (AvgIpc) is 3.22. The summed E-state index contributed by atoms with van der Waals surface area (Å²) in [6, 6.07) is 14.7. The number of aliphatic hydroxyl groups excluding tert-OH is 1. The number of nitriles is 1. The first kappa shape index (κ1) is 31.2. The van der Waals surface area contributed by atoms with E-state index in [1.165, 1.54) is 26.1 Å². The van der Waals surface area contributed by atoms with Gasteiger partial charge in [0, 0.05) is 11.6 Å². The van der Waals surface area contributed by atoms with Crippen LogP contribution in [0, 0.1) is 16.7 Å². The number of hydrogen-bond donors (Lipinski definition) is 3. The zero-order valence-electron chi connectivity index (χ0n) is 23.5. The average molecular weight is 600 g/mol. The zero-order chi connectivity index (χ0) is 30.5. The molecule has 13 nitrogen and oxygen atoms in total. The van der Waals surface area contributed by atoms with E-state index in [0.717, 1.165) is 16.4 Å². The number of fused-ring (bicyclic) bond motifs is 1. The maximum atomic E-state index is 14.2. The summed E-state index contributed by atoms with van der Waals surface area (Å²) in [6.07, 6.45) is -1.15. The molecule has 6 atom stereocenters. The quantitative estimate of drug-likeness (QED) is 0.157. The van der Waals surface area contributed by atoms with Gasteiger partial charge in [-0.15, -0.1) is 0 Å². The summed E-state index contributed by atoms with van der Waals surface area (Å²) in [4.78, 5) is 28.8. The van der Waals surface area contributed by atoms with Gasteiger partial charge < -0.3 is 24.8 Å². The highest BCUT2D eigenvalue weighted by atomic mass is 31.2. The number of carbonyl (C=O) groups is 1. The van der Waals surface area contributed by atoms with E-state index in [1.54, 1.807) is 24.3 Å². The minimum absolute atomic E-state index is 0.0201. The fourth-order valence-electron chi connectivity index (χ4n) is 4.52. The molecule has 2 heterocycles. The van der Waals surface area contributed by atoms with Crippen LogP contribution in [0.2, 0.25) is 0 Å². The molecular weight excluding hydrogens is 565 g/mol. The maximum Gasteiger partial charge on any atom is 0.459 e. The largest absolute Gasteiger partial charge is 0.465 e. The zero-order valence-corrected chi connectivity index (χ0v) is 24.4. The van der Waals surface area contributed by atoms with Crippen LogP contribution >= 0.6 is 7.75 Å². The van der Waals surface area contributed by atoms with E-state index in [4.69, 9.17) is 24.3 Å². The first-order chi connectivity index (χ1) is 20.0. The lowest BCUT2D eigenvalue weighted by molar-refractivity contribution is -0.145. The second-order valence-corrected chi connectivity index (χ2v) is 11.8. The Bertz CT molecular complexity index is 1570. The number of carbonyl (C=O) groups excluding carboxylic acids is 1. The Morgan fingerprint density at radius 1 is 1.31 bits per heavy atom. The van der Waals surface area contributed by atoms with Crippen LogP contribution in [0.4, 0.5) is 5.82 Å². The molecule has 42 heavy (non-hydrogen) atoms. The lowest BCUT2D eigenvalue weighted by Gasteiger charge is -2.26. The lowest BCUT2D eigenvalue weighted by atomic mass is 9.84. The van der Waals surface area contributed by atoms with E-state index in [9.17, 15) is 24.5 Å². The molecule has 1 aromatic heterocycles. The predicted molar refractivity (Wildman–Crippen MR) is 153 cm³/mol. The van der Waals surface area contributed by atoms with Gasteiger partial charge in [-0.2, -0.15) is 15.3 Å². The number of benzene rings is 2. The van der Waals surface area contributed by atoms with E-state index >= 15 is 0 Å². The van der Waals surface area contributed by atoms with Gasteiger partial charge >= 0.3 is 19.4 Å². The first-order valence-corrected chi connectivity index (χ1v) is 15.0. The topological polar surface area (TPSA) is 188 Å². The number of nitrogens with one attached hydrogen (secondary N) is 1. The molecule has 1 aliphatic heterocycles. The fourth-order valence-corrected chi connectivity index (χ4v) is 6.04. The van der Waals surface area contributed by atoms with Crippen molar-refractivity contribution in [3.8, 4) is 11.8 Å². The van der Waals surface area contributed by atoms with Crippen molar-refractivity contribution in [1.29, 1.82) is 5.26 Å². The molecule has 2 aromatic carbocycles. The van der Waals surface area contributed by atoms with Crippen LogP contribution < -0.4 is 21.0 Å². The first-order valence-electron chi connectivity index (χ1n) is 13.5. The highest BCUT2D eigenvalue weighted by molar-refractivity contribution is 7.52. The van der Waals surface area contributed by atoms with Crippen LogP contribution in [0.5, 0.6) is 5.75 Å². The molecule has 224 valence electrons. The normalized spacial score (nSPS) is 24.0. The van der Waals surface area contributed by atoms with Crippen LogP contribution in [0.25, 0.3) is 10.8 Å². The van der Waals surface area contributed by atoms with Gasteiger partial charge in [-0.1, -0.05) is 49.7 Å². The second-order valence-electron chi connectivity index (χ2n) is 10.1. The van der Waals surface area contributed by atoms with E-state index in [1.807, 2.05) is 31.2 Å². The molecule has 4 N–H and O–H groups in total. The van der Waals surface area contributed by atoms with Crippen molar-refractivity contribution in [3.05, 3.63) is 65.2 Å². The number of nitrogens with zero attached hydrogens (tertiary/aromatic N) is 3. The Balaban J connectivity index is 1.60. The third kappa shape index (κ3) is 6.64. The fraction of sp³-hybridized carbons (Fsp3) is 0.429. The summed E-state index contributed by atoms with van der Waals surface area (Å²) < 4.78 is 38.0. The van der Waals surface area contributed by atoms with E-state index in [-0.39, 0.29) is 18.2 Å². The van der Waals surface area contributed by atoms with Gasteiger partial charge in [-0.25, -0.2) is 9.36 Å². The number of anilines is 1. The van der Waals surface area contributed by atoms with E-state index < -0.39 is 55.9 Å². The molecule has 0 amide bonds. The summed E-state index contributed by atoms with van der Waals surface area (Å²) in [7, 11) is -4.35. The molecule has 3 aromatic rings. The lowest BCUT2D eigenvalue weighted by Crippen LogP contribution is -2.40. The Kier molecular flexibility index (Phi) is 9.66. The molecule has 0 bridgehead atoms. The van der Waals surface area contributed by atoms with Crippen LogP contribution in [0.1, 0.15) is 39.8 Å². The van der Waals surface area contributed by atoms with Gasteiger partial charge in [0.2, 0.25) is 0 Å². The number of aromatic nitrogens is 2. The van der Waals surface area contributed by atoms with Crippen molar-refractivity contribution in [2.45, 2.75) is 58.1 Å². The molecule has 1 aliphatic rings. The minimum atomic E-state index is -4.35. The molecule has 1 saturated heterocycles. The van der Waals surface area contributed by atoms with Crippen molar-refractivity contribution in [2.75, 3.05) is 18.9 Å². The number of ether oxygens (including phenoxy) is 2. The van der Waals surface area contributed by atoms with Crippen LogP contribution in [0.3, 0.4) is 0 Å². The number of rotatable bonds is 12. The van der Waals surface area contributed by atoms with Crippen molar-refractivity contribution < 1.29 is 33.0 Å². The standard InChI is InChI=1S/C28H34N5O8P/c1-4-5-15-38-25(35)18(2)32-42(37,41-21-12-8-10-19-9-6-7-11-20(19)21)39-16-22-24(34)28(3,17-29)26(40-22)33-14-13-23(30)31-27(33)36/h6-14,18,22,24,26,34H,4-5,15-16H2,1-3H3,(H,32,37)(H2,30,31,36)/t18-,22+,24+,26+,28+,42?/m0/s1. The van der Waals surface area contributed by atoms with Gasteiger partial charge in [0.1, 0.15) is 35.2 Å². The van der Waals surface area contributed by atoms with Gasteiger partial charge in [-0.05, 0) is 37.8 Å². The Hall–Kier alpha value is -3.79. The number of aliphatic hydroxyl groups is 1. The van der Waals surface area contributed by atoms with Gasteiger partial charge in [-0.3, -0.25) is 13.9 Å². The number of nitrogen functional groups attached to an aromatic ring is 1. The molecular formula is C28H34N5O8P. The summed E-state index contributed by atoms with van der Waals surface area (Å²) >= 11 is 0. The highest BCUT2D eigenvalue weighted by Crippen LogP contribution is 2.49. The summed E-state index contributed by atoms with van der Waals surface area (Å²) in [5.41, 5.74) is 3.19. The van der Waals surface area contributed by atoms with E-state index in [2.05, 4.69) is 10.1 Å². The van der Waals surface area contributed by atoms with Gasteiger partial charge in [0.05, 0.1) is 19.3 Å². The molecule has 4 rings (SSSR count). The summed E-state index contributed by atoms with van der Waals surface area (Å²) in [6.45, 7) is 4.51. The van der Waals surface area contributed by atoms with Gasteiger partial charge in [0.15, 0.2) is 6.23 Å².